The summed E-state index contributed by atoms with van der Waals surface area (Å²) in [7, 11) is 3.33. The SMILES string of the molecule is COCC1(C(=O)O)CCN(C(=O)C(CN(C)Cc2ccccc2)NC(=O)OCC2c3ccccc3-c3ccccc32)C1. The Hall–Kier alpha value is -4.21. The highest BCUT2D eigenvalue weighted by molar-refractivity contribution is 5.87. The number of hydrogen-bond donors (Lipinski definition) is 2. The topological polar surface area (TPSA) is 108 Å². The third-order valence-corrected chi connectivity index (χ3v) is 8.26. The number of aliphatic carboxylic acids is 1. The summed E-state index contributed by atoms with van der Waals surface area (Å²) in [5, 5.41) is 12.7. The molecule has 3 aromatic carbocycles. The molecule has 2 aliphatic rings. The smallest absolute Gasteiger partial charge is 0.407 e. The third kappa shape index (κ3) is 6.17. The number of alkyl carbamates (subject to hydrolysis) is 1. The first kappa shape index (κ1) is 29.3. The molecule has 0 spiro atoms. The number of amides is 2. The zero-order valence-electron chi connectivity index (χ0n) is 24.0. The maximum Gasteiger partial charge on any atom is 0.407 e. The fraction of sp³-hybridized carbons (Fsp3) is 0.364. The highest BCUT2D eigenvalue weighted by atomic mass is 16.5. The minimum atomic E-state index is -1.17. The first-order valence-electron chi connectivity index (χ1n) is 14.2. The Morgan fingerprint density at radius 2 is 1.62 bits per heavy atom. The van der Waals surface area contributed by atoms with E-state index in [1.807, 2.05) is 78.7 Å². The molecule has 2 atom stereocenters. The van der Waals surface area contributed by atoms with E-state index >= 15 is 0 Å². The molecule has 0 aromatic heterocycles. The molecule has 1 aliphatic carbocycles. The van der Waals surface area contributed by atoms with Gasteiger partial charge < -0.3 is 24.8 Å². The number of methoxy groups -OCH3 is 1. The number of rotatable bonds is 11. The number of benzene rings is 3. The number of nitrogens with zero attached hydrogens (tertiary/aromatic N) is 2. The second kappa shape index (κ2) is 12.8. The summed E-state index contributed by atoms with van der Waals surface area (Å²) < 4.78 is 10.9. The normalized spacial score (nSPS) is 18.4. The van der Waals surface area contributed by atoms with Gasteiger partial charge in [0.1, 0.15) is 18.1 Å². The summed E-state index contributed by atoms with van der Waals surface area (Å²) in [5.74, 6) is -1.45. The van der Waals surface area contributed by atoms with Gasteiger partial charge in [0, 0.05) is 39.2 Å². The summed E-state index contributed by atoms with van der Waals surface area (Å²) in [6.45, 7) is 1.20. The average Bonchev–Trinajstić information content (AvgIpc) is 3.57. The fourth-order valence-corrected chi connectivity index (χ4v) is 6.15. The van der Waals surface area contributed by atoms with Gasteiger partial charge in [-0.15, -0.1) is 0 Å². The number of hydrogen-bond acceptors (Lipinski definition) is 6. The Kier molecular flexibility index (Phi) is 8.89. The van der Waals surface area contributed by atoms with E-state index in [0.717, 1.165) is 27.8 Å². The van der Waals surface area contributed by atoms with Crippen LogP contribution in [0.25, 0.3) is 11.1 Å². The molecule has 1 saturated heterocycles. The van der Waals surface area contributed by atoms with Crippen LogP contribution in [0.5, 0.6) is 0 Å². The van der Waals surface area contributed by atoms with Gasteiger partial charge in [0.05, 0.1) is 6.61 Å². The van der Waals surface area contributed by atoms with Gasteiger partial charge in [-0.2, -0.15) is 0 Å². The number of likely N-dealkylation sites (tertiary alicyclic amines) is 1. The van der Waals surface area contributed by atoms with Crippen LogP contribution in [0.1, 0.15) is 29.0 Å². The quantitative estimate of drug-likeness (QED) is 0.359. The van der Waals surface area contributed by atoms with Crippen molar-refractivity contribution in [1.29, 1.82) is 0 Å². The molecule has 0 radical (unpaired) electrons. The van der Waals surface area contributed by atoms with E-state index in [0.29, 0.717) is 6.54 Å². The number of ether oxygens (including phenoxy) is 2. The lowest BCUT2D eigenvalue weighted by atomic mass is 9.88. The molecule has 1 aliphatic heterocycles. The van der Waals surface area contributed by atoms with Crippen LogP contribution in [-0.2, 0) is 25.6 Å². The first-order chi connectivity index (χ1) is 20.3. The zero-order chi connectivity index (χ0) is 29.7. The van der Waals surface area contributed by atoms with Gasteiger partial charge in [-0.25, -0.2) is 4.79 Å². The summed E-state index contributed by atoms with van der Waals surface area (Å²) in [6.07, 6.45) is -0.414. The number of carboxylic acids is 1. The van der Waals surface area contributed by atoms with Crippen molar-refractivity contribution in [2.75, 3.05) is 47.0 Å². The highest BCUT2D eigenvalue weighted by Crippen LogP contribution is 2.44. The molecule has 9 nitrogen and oxygen atoms in total. The molecular formula is C33H37N3O6. The molecule has 5 rings (SSSR count). The summed E-state index contributed by atoms with van der Waals surface area (Å²) in [6, 6.07) is 25.1. The molecule has 2 unspecified atom stereocenters. The monoisotopic (exact) mass is 571 g/mol. The van der Waals surface area contributed by atoms with Gasteiger partial charge in [-0.3, -0.25) is 14.5 Å². The van der Waals surface area contributed by atoms with E-state index in [9.17, 15) is 19.5 Å². The van der Waals surface area contributed by atoms with Crippen molar-refractivity contribution < 1.29 is 29.0 Å². The minimum absolute atomic E-state index is 0.00446. The van der Waals surface area contributed by atoms with Crippen molar-refractivity contribution in [2.45, 2.75) is 24.9 Å². The van der Waals surface area contributed by atoms with Gasteiger partial charge in [0.2, 0.25) is 5.91 Å². The Morgan fingerprint density at radius 3 is 2.24 bits per heavy atom. The molecule has 0 saturated carbocycles. The number of carbonyl (C=O) groups is 3. The maximum absolute atomic E-state index is 13.8. The fourth-order valence-electron chi connectivity index (χ4n) is 6.15. The number of carboxylic acid groups (broad SMARTS) is 1. The van der Waals surface area contributed by atoms with Crippen LogP contribution in [0.3, 0.4) is 0 Å². The molecule has 1 heterocycles. The van der Waals surface area contributed by atoms with Gasteiger partial charge in [0.25, 0.3) is 0 Å². The van der Waals surface area contributed by atoms with Crippen LogP contribution in [-0.4, -0.2) is 85.9 Å². The van der Waals surface area contributed by atoms with Crippen LogP contribution < -0.4 is 5.32 Å². The van der Waals surface area contributed by atoms with E-state index in [1.54, 1.807) is 0 Å². The summed E-state index contributed by atoms with van der Waals surface area (Å²) in [5.41, 5.74) is 4.35. The van der Waals surface area contributed by atoms with Crippen molar-refractivity contribution in [1.82, 2.24) is 15.1 Å². The molecular weight excluding hydrogens is 534 g/mol. The Bertz CT molecular complexity index is 1380. The minimum Gasteiger partial charge on any atom is -0.481 e. The highest BCUT2D eigenvalue weighted by Gasteiger charge is 2.47. The second-order valence-corrected chi connectivity index (χ2v) is 11.2. The van der Waals surface area contributed by atoms with Crippen molar-refractivity contribution in [3.63, 3.8) is 0 Å². The Morgan fingerprint density at radius 1 is 1.00 bits per heavy atom. The molecule has 2 N–H and O–H groups in total. The molecule has 42 heavy (non-hydrogen) atoms. The van der Waals surface area contributed by atoms with Gasteiger partial charge in [-0.1, -0.05) is 78.9 Å². The van der Waals surface area contributed by atoms with Crippen molar-refractivity contribution in [3.8, 4) is 11.1 Å². The molecule has 9 heteroatoms. The van der Waals surface area contributed by atoms with E-state index in [-0.39, 0.29) is 51.1 Å². The van der Waals surface area contributed by atoms with Crippen molar-refractivity contribution >= 4 is 18.0 Å². The lowest BCUT2D eigenvalue weighted by Crippen LogP contribution is -2.53. The second-order valence-electron chi connectivity index (χ2n) is 11.2. The van der Waals surface area contributed by atoms with E-state index in [1.165, 1.54) is 12.0 Å². The van der Waals surface area contributed by atoms with E-state index in [4.69, 9.17) is 9.47 Å². The van der Waals surface area contributed by atoms with Gasteiger partial charge in [-0.05, 0) is 41.3 Å². The van der Waals surface area contributed by atoms with Crippen LogP contribution >= 0.6 is 0 Å². The summed E-state index contributed by atoms with van der Waals surface area (Å²) in [4.78, 5) is 42.5. The van der Waals surface area contributed by atoms with Crippen LogP contribution in [0, 0.1) is 5.41 Å². The standard InChI is InChI=1S/C33H37N3O6/c1-35(18-23-10-4-3-5-11-23)19-29(30(37)36-17-16-33(21-36,22-41-2)31(38)39)34-32(40)42-20-28-26-14-8-6-12-24(26)25-13-7-9-15-27(25)28/h3-15,28-29H,16-22H2,1-2H3,(H,34,40)(H,38,39). The first-order valence-corrected chi connectivity index (χ1v) is 14.2. The van der Waals surface area contributed by atoms with Crippen molar-refractivity contribution in [2.24, 2.45) is 5.41 Å². The van der Waals surface area contributed by atoms with Crippen LogP contribution in [0.2, 0.25) is 0 Å². The largest absolute Gasteiger partial charge is 0.481 e. The van der Waals surface area contributed by atoms with Crippen LogP contribution in [0.15, 0.2) is 78.9 Å². The molecule has 0 bridgehead atoms. The van der Waals surface area contributed by atoms with Gasteiger partial charge in [0.15, 0.2) is 0 Å². The number of fused-ring (bicyclic) bond motifs is 3. The van der Waals surface area contributed by atoms with Crippen LogP contribution in [0.4, 0.5) is 4.79 Å². The Balaban J connectivity index is 1.29. The summed E-state index contributed by atoms with van der Waals surface area (Å²) >= 11 is 0. The molecule has 220 valence electrons. The van der Waals surface area contributed by atoms with E-state index < -0.39 is 23.5 Å². The average molecular weight is 572 g/mol. The lowest BCUT2D eigenvalue weighted by Gasteiger charge is -2.29. The van der Waals surface area contributed by atoms with Crippen molar-refractivity contribution in [3.05, 3.63) is 95.6 Å². The van der Waals surface area contributed by atoms with E-state index in [2.05, 4.69) is 17.4 Å². The molecule has 1 fully saturated rings. The predicted octanol–water partition coefficient (Wildman–Crippen LogP) is 3.98. The third-order valence-electron chi connectivity index (χ3n) is 8.26. The number of carbonyl (C=O) groups excluding carboxylic acids is 2. The zero-order valence-corrected chi connectivity index (χ0v) is 24.0. The predicted molar refractivity (Wildman–Crippen MR) is 158 cm³/mol. The number of likely N-dealkylation sites (N-methyl/N-ethyl adjacent to an activating group) is 1. The lowest BCUT2D eigenvalue weighted by molar-refractivity contribution is -0.151. The number of nitrogens with one attached hydrogen (secondary N) is 1. The Labute approximate surface area is 246 Å². The molecule has 3 aromatic rings. The van der Waals surface area contributed by atoms with Gasteiger partial charge >= 0.3 is 12.1 Å². The molecule has 2 amide bonds. The maximum atomic E-state index is 13.8.